The first kappa shape index (κ1) is 10.4. The van der Waals surface area contributed by atoms with Gasteiger partial charge in [0, 0.05) is 12.4 Å². The minimum atomic E-state index is -1.64. The van der Waals surface area contributed by atoms with Crippen molar-refractivity contribution in [3.63, 3.8) is 0 Å². The van der Waals surface area contributed by atoms with Crippen molar-refractivity contribution >= 4 is 5.97 Å². The van der Waals surface area contributed by atoms with Gasteiger partial charge in [0.2, 0.25) is 0 Å². The van der Waals surface area contributed by atoms with Gasteiger partial charge in [-0.15, -0.1) is 0 Å². The predicted octanol–water partition coefficient (Wildman–Crippen LogP) is -4.13. The largest absolute Gasteiger partial charge is 1.00 e. The zero-order valence-electron chi connectivity index (χ0n) is 5.72. The second kappa shape index (κ2) is 3.67. The maximum absolute atomic E-state index is 12.6. The fourth-order valence-corrected chi connectivity index (χ4v) is 0.684. The molecule has 0 radical (unpaired) electrons. The fourth-order valence-electron chi connectivity index (χ4n) is 0.684. The van der Waals surface area contributed by atoms with Crippen LogP contribution in [0.2, 0.25) is 0 Å². The first-order valence-corrected chi connectivity index (χ1v) is 2.59. The molecule has 0 aromatic rings. The molecular formula is C5H6FNaO3. The number of rotatable bonds is 2. The van der Waals surface area contributed by atoms with Gasteiger partial charge in [0.05, 0.1) is 13.2 Å². The van der Waals surface area contributed by atoms with Crippen LogP contribution in [0.3, 0.4) is 0 Å². The van der Waals surface area contributed by atoms with E-state index in [1.54, 1.807) is 0 Å². The summed E-state index contributed by atoms with van der Waals surface area (Å²) in [5.74, 6) is -1.36. The molecule has 0 unspecified atom stereocenters. The molecule has 5 heteroatoms. The summed E-state index contributed by atoms with van der Waals surface area (Å²) in [6, 6.07) is 0. The van der Waals surface area contributed by atoms with E-state index in [-0.39, 0.29) is 42.8 Å². The molecule has 3 nitrogen and oxygen atoms in total. The van der Waals surface area contributed by atoms with Crippen LogP contribution in [0.4, 0.5) is 4.39 Å². The van der Waals surface area contributed by atoms with Gasteiger partial charge in [-0.3, -0.25) is 0 Å². The van der Waals surface area contributed by atoms with Crippen LogP contribution in [0.25, 0.3) is 0 Å². The van der Waals surface area contributed by atoms with Crippen molar-refractivity contribution in [2.75, 3.05) is 13.2 Å². The Labute approximate surface area is 79.8 Å². The third-order valence-electron chi connectivity index (χ3n) is 1.18. The molecule has 0 amide bonds. The number of hydrogen-bond donors (Lipinski definition) is 0. The van der Waals surface area contributed by atoms with Gasteiger partial charge < -0.3 is 14.6 Å². The molecule has 10 heavy (non-hydrogen) atoms. The third-order valence-corrected chi connectivity index (χ3v) is 1.18. The van der Waals surface area contributed by atoms with Crippen molar-refractivity contribution in [2.45, 2.75) is 12.1 Å². The third kappa shape index (κ3) is 2.54. The molecule has 0 aromatic carbocycles. The average Bonchev–Trinajstić information content (AvgIpc) is 1.60. The smallest absolute Gasteiger partial charge is 0.550 e. The quantitative estimate of drug-likeness (QED) is 0.381. The zero-order valence-corrected chi connectivity index (χ0v) is 7.72. The van der Waals surface area contributed by atoms with Crippen LogP contribution < -0.4 is 34.7 Å². The number of aliphatic carboxylic acids is 1. The molecule has 1 rings (SSSR count). The normalized spacial score (nSPS) is 20.5. The van der Waals surface area contributed by atoms with Gasteiger partial charge in [0.1, 0.15) is 0 Å². The Kier molecular flexibility index (Phi) is 3.80. The molecule has 1 fully saturated rings. The van der Waals surface area contributed by atoms with Gasteiger partial charge in [-0.25, -0.2) is 4.39 Å². The molecule has 0 aromatic heterocycles. The Bertz CT molecular complexity index is 135. The maximum atomic E-state index is 12.6. The van der Waals surface area contributed by atoms with Crippen LogP contribution in [0, 0.1) is 0 Å². The zero-order chi connectivity index (χ0) is 6.91. The van der Waals surface area contributed by atoms with E-state index in [1.807, 2.05) is 0 Å². The minimum absolute atomic E-state index is 0. The standard InChI is InChI=1S/C5H7FO3.Na/c6-5(1-4(7)8)2-9-3-5;/h1-3H2,(H,7,8);/q;+1/p-1. The van der Waals surface area contributed by atoms with Crippen LogP contribution in [0.5, 0.6) is 0 Å². The number of halogens is 1. The van der Waals surface area contributed by atoms with Gasteiger partial charge >= 0.3 is 29.6 Å². The van der Waals surface area contributed by atoms with Crippen LogP contribution in [0.15, 0.2) is 0 Å². The van der Waals surface area contributed by atoms with Gasteiger partial charge in [-0.1, -0.05) is 0 Å². The van der Waals surface area contributed by atoms with Crippen LogP contribution in [-0.2, 0) is 9.53 Å². The van der Waals surface area contributed by atoms with Crippen LogP contribution >= 0.6 is 0 Å². The number of hydrogen-bond acceptors (Lipinski definition) is 3. The molecule has 0 spiro atoms. The molecule has 1 aliphatic heterocycles. The van der Waals surface area contributed by atoms with E-state index >= 15 is 0 Å². The Morgan fingerprint density at radius 2 is 2.20 bits per heavy atom. The summed E-state index contributed by atoms with van der Waals surface area (Å²) in [5.41, 5.74) is -1.64. The summed E-state index contributed by atoms with van der Waals surface area (Å²) < 4.78 is 17.1. The molecule has 0 aliphatic carbocycles. The van der Waals surface area contributed by atoms with E-state index in [0.29, 0.717) is 0 Å². The molecule has 1 heterocycles. The summed E-state index contributed by atoms with van der Waals surface area (Å²) >= 11 is 0. The predicted molar refractivity (Wildman–Crippen MR) is 24.3 cm³/mol. The molecule has 1 saturated heterocycles. The van der Waals surface area contributed by atoms with E-state index in [4.69, 9.17) is 0 Å². The van der Waals surface area contributed by atoms with Gasteiger partial charge in [0.25, 0.3) is 0 Å². The van der Waals surface area contributed by atoms with Crippen molar-refractivity contribution < 1.29 is 48.6 Å². The first-order chi connectivity index (χ1) is 4.12. The molecule has 1 aliphatic rings. The van der Waals surface area contributed by atoms with E-state index in [9.17, 15) is 14.3 Å². The Morgan fingerprint density at radius 1 is 1.70 bits per heavy atom. The molecule has 0 bridgehead atoms. The Balaban J connectivity index is 0.000000810. The molecule has 0 atom stereocenters. The summed E-state index contributed by atoms with van der Waals surface area (Å²) in [5, 5.41) is 9.80. The molecule has 0 saturated carbocycles. The summed E-state index contributed by atoms with van der Waals surface area (Å²) in [7, 11) is 0. The van der Waals surface area contributed by atoms with Crippen LogP contribution in [-0.4, -0.2) is 24.9 Å². The van der Waals surface area contributed by atoms with Crippen molar-refractivity contribution in [3.8, 4) is 0 Å². The monoisotopic (exact) mass is 156 g/mol. The second-order valence-corrected chi connectivity index (χ2v) is 2.19. The fraction of sp³-hybridized carbons (Fsp3) is 0.800. The van der Waals surface area contributed by atoms with Crippen molar-refractivity contribution in [2.24, 2.45) is 0 Å². The summed E-state index contributed by atoms with van der Waals surface area (Å²) in [6.45, 7) is -0.220. The maximum Gasteiger partial charge on any atom is 1.00 e. The number of carboxylic acid groups (broad SMARTS) is 1. The Hall–Kier alpha value is 0.360. The number of ether oxygens (including phenoxy) is 1. The average molecular weight is 156 g/mol. The SMILES string of the molecule is O=C([O-])CC1(F)COC1.[Na+]. The van der Waals surface area contributed by atoms with Crippen molar-refractivity contribution in [1.82, 2.24) is 0 Å². The number of carbonyl (C=O) groups excluding carboxylic acids is 1. The number of carbonyl (C=O) groups is 1. The van der Waals surface area contributed by atoms with Crippen LogP contribution in [0.1, 0.15) is 6.42 Å². The topological polar surface area (TPSA) is 49.4 Å². The number of carboxylic acids is 1. The molecule has 0 N–H and O–H groups in total. The second-order valence-electron chi connectivity index (χ2n) is 2.19. The van der Waals surface area contributed by atoms with Gasteiger partial charge in [-0.05, 0) is 0 Å². The van der Waals surface area contributed by atoms with E-state index in [0.717, 1.165) is 0 Å². The van der Waals surface area contributed by atoms with E-state index in [1.165, 1.54) is 0 Å². The molecular weight excluding hydrogens is 150 g/mol. The first-order valence-electron chi connectivity index (χ1n) is 2.59. The van der Waals surface area contributed by atoms with Gasteiger partial charge in [-0.2, -0.15) is 0 Å². The summed E-state index contributed by atoms with van der Waals surface area (Å²) in [6.07, 6.45) is -0.549. The number of alkyl halides is 1. The van der Waals surface area contributed by atoms with Gasteiger partial charge in [0.15, 0.2) is 5.67 Å². The Morgan fingerprint density at radius 3 is 2.30 bits per heavy atom. The van der Waals surface area contributed by atoms with E-state index < -0.39 is 18.1 Å². The summed E-state index contributed by atoms with van der Waals surface area (Å²) in [4.78, 5) is 9.80. The molecule has 52 valence electrons. The van der Waals surface area contributed by atoms with E-state index in [2.05, 4.69) is 4.74 Å². The minimum Gasteiger partial charge on any atom is -0.550 e. The van der Waals surface area contributed by atoms with Crippen molar-refractivity contribution in [1.29, 1.82) is 0 Å². The van der Waals surface area contributed by atoms with Crippen molar-refractivity contribution in [3.05, 3.63) is 0 Å².